The molecule has 1 aliphatic carbocycles. The number of hydrogen-bond donors (Lipinski definition) is 1. The maximum atomic E-state index is 12.5. The lowest BCUT2D eigenvalue weighted by Gasteiger charge is -2.35. The van der Waals surface area contributed by atoms with Gasteiger partial charge < -0.3 is 15.0 Å². The van der Waals surface area contributed by atoms with Crippen molar-refractivity contribution in [2.75, 3.05) is 23.4 Å². The summed E-state index contributed by atoms with van der Waals surface area (Å²) in [4.78, 5) is 25.9. The first-order valence-corrected chi connectivity index (χ1v) is 8.49. The van der Waals surface area contributed by atoms with Crippen molar-refractivity contribution in [1.82, 2.24) is 0 Å². The van der Waals surface area contributed by atoms with E-state index in [-0.39, 0.29) is 24.3 Å². The molecule has 0 bridgehead atoms. The number of amides is 1. The van der Waals surface area contributed by atoms with Gasteiger partial charge in [-0.05, 0) is 62.8 Å². The predicted octanol–water partition coefficient (Wildman–Crippen LogP) is 2.67. The van der Waals surface area contributed by atoms with Crippen LogP contribution in [0.5, 0.6) is 0 Å². The Kier molecular flexibility index (Phi) is 4.55. The largest absolute Gasteiger partial charge is 0.466 e. The van der Waals surface area contributed by atoms with Gasteiger partial charge in [-0.3, -0.25) is 9.59 Å². The number of nitrogens with one attached hydrogen (secondary N) is 1. The Morgan fingerprint density at radius 3 is 2.70 bits per heavy atom. The van der Waals surface area contributed by atoms with Crippen molar-refractivity contribution in [3.05, 3.63) is 23.3 Å². The monoisotopic (exact) mass is 316 g/mol. The standard InChI is InChI=1S/C18H24N2O3/c1-3-23-17(21)8-9-20-16-11-14-7-5-4-6-13(14)10-15(16)19-12(2)18(20)22/h10-12,19H,3-9H2,1-2H3. The number of carbonyl (C=O) groups excluding carboxylic acids is 2. The molecule has 0 saturated carbocycles. The van der Waals surface area contributed by atoms with Crippen molar-refractivity contribution in [3.8, 4) is 0 Å². The summed E-state index contributed by atoms with van der Waals surface area (Å²) in [5, 5.41) is 3.30. The zero-order valence-corrected chi connectivity index (χ0v) is 13.9. The molecule has 23 heavy (non-hydrogen) atoms. The van der Waals surface area contributed by atoms with Gasteiger partial charge in [0.15, 0.2) is 0 Å². The minimum atomic E-state index is -0.272. The fraction of sp³-hybridized carbons (Fsp3) is 0.556. The van der Waals surface area contributed by atoms with Crippen molar-refractivity contribution in [1.29, 1.82) is 0 Å². The van der Waals surface area contributed by atoms with E-state index in [0.29, 0.717) is 13.2 Å². The Balaban J connectivity index is 1.87. The first kappa shape index (κ1) is 15.8. The molecule has 5 nitrogen and oxygen atoms in total. The van der Waals surface area contributed by atoms with Crippen molar-refractivity contribution < 1.29 is 14.3 Å². The fourth-order valence-electron chi connectivity index (χ4n) is 3.43. The number of benzene rings is 1. The third-order valence-corrected chi connectivity index (χ3v) is 4.60. The third kappa shape index (κ3) is 3.19. The van der Waals surface area contributed by atoms with E-state index in [0.717, 1.165) is 24.2 Å². The Hall–Kier alpha value is -2.04. The highest BCUT2D eigenvalue weighted by molar-refractivity contribution is 6.05. The van der Waals surface area contributed by atoms with Crippen LogP contribution in [-0.4, -0.2) is 31.1 Å². The first-order valence-electron chi connectivity index (χ1n) is 8.49. The molecule has 1 aromatic rings. The molecule has 3 rings (SSSR count). The van der Waals surface area contributed by atoms with Crippen LogP contribution in [0.4, 0.5) is 11.4 Å². The molecule has 0 fully saturated rings. The van der Waals surface area contributed by atoms with Crippen LogP contribution in [0.3, 0.4) is 0 Å². The highest BCUT2D eigenvalue weighted by Gasteiger charge is 2.31. The van der Waals surface area contributed by atoms with E-state index in [1.54, 1.807) is 11.8 Å². The second-order valence-corrected chi connectivity index (χ2v) is 6.26. The van der Waals surface area contributed by atoms with E-state index in [1.807, 2.05) is 6.92 Å². The van der Waals surface area contributed by atoms with Gasteiger partial charge in [0.25, 0.3) is 0 Å². The van der Waals surface area contributed by atoms with Gasteiger partial charge >= 0.3 is 5.97 Å². The average Bonchev–Trinajstić information content (AvgIpc) is 2.54. The Labute approximate surface area is 137 Å². The van der Waals surface area contributed by atoms with Crippen molar-refractivity contribution >= 4 is 23.3 Å². The van der Waals surface area contributed by atoms with Crippen LogP contribution in [0.15, 0.2) is 12.1 Å². The van der Waals surface area contributed by atoms with Gasteiger partial charge in [-0.2, -0.15) is 0 Å². The van der Waals surface area contributed by atoms with E-state index in [1.165, 1.54) is 24.0 Å². The normalized spacial score (nSPS) is 19.7. The smallest absolute Gasteiger partial charge is 0.307 e. The molecule has 1 atom stereocenters. The molecule has 0 spiro atoms. The van der Waals surface area contributed by atoms with Gasteiger partial charge in [0.05, 0.1) is 24.4 Å². The summed E-state index contributed by atoms with van der Waals surface area (Å²) < 4.78 is 4.98. The maximum Gasteiger partial charge on any atom is 0.307 e. The van der Waals surface area contributed by atoms with Gasteiger partial charge in [0.1, 0.15) is 6.04 Å². The highest BCUT2D eigenvalue weighted by Crippen LogP contribution is 2.36. The second kappa shape index (κ2) is 6.60. The van der Waals surface area contributed by atoms with Crippen LogP contribution in [0.1, 0.15) is 44.2 Å². The van der Waals surface area contributed by atoms with Crippen LogP contribution in [0.25, 0.3) is 0 Å². The summed E-state index contributed by atoms with van der Waals surface area (Å²) in [6.07, 6.45) is 4.83. The van der Waals surface area contributed by atoms with Crippen LogP contribution < -0.4 is 10.2 Å². The van der Waals surface area contributed by atoms with Crippen LogP contribution in [0, 0.1) is 0 Å². The third-order valence-electron chi connectivity index (χ3n) is 4.60. The molecule has 0 saturated heterocycles. The number of esters is 1. The molecule has 0 radical (unpaired) electrons. The van der Waals surface area contributed by atoms with Crippen molar-refractivity contribution in [2.45, 2.75) is 52.0 Å². The van der Waals surface area contributed by atoms with Crippen molar-refractivity contribution in [3.63, 3.8) is 0 Å². The molecule has 5 heteroatoms. The molecule has 1 aliphatic heterocycles. The molecule has 1 N–H and O–H groups in total. The molecule has 1 heterocycles. The Morgan fingerprint density at radius 1 is 1.30 bits per heavy atom. The predicted molar refractivity (Wildman–Crippen MR) is 89.8 cm³/mol. The molecule has 0 aromatic heterocycles. The first-order chi connectivity index (χ1) is 11.1. The Morgan fingerprint density at radius 2 is 2.00 bits per heavy atom. The molecule has 124 valence electrons. The molecule has 2 aliphatic rings. The number of fused-ring (bicyclic) bond motifs is 2. The van der Waals surface area contributed by atoms with Gasteiger partial charge in [0.2, 0.25) is 5.91 Å². The van der Waals surface area contributed by atoms with Gasteiger partial charge in [-0.15, -0.1) is 0 Å². The number of anilines is 2. The quantitative estimate of drug-likeness (QED) is 0.868. The van der Waals surface area contributed by atoms with Gasteiger partial charge in [-0.25, -0.2) is 0 Å². The summed E-state index contributed by atoms with van der Waals surface area (Å²) in [5.41, 5.74) is 4.62. The number of carbonyl (C=O) groups is 2. The fourth-order valence-corrected chi connectivity index (χ4v) is 3.43. The Bertz CT molecular complexity index is 627. The maximum absolute atomic E-state index is 12.5. The summed E-state index contributed by atoms with van der Waals surface area (Å²) in [6, 6.07) is 4.04. The molecular weight excluding hydrogens is 292 g/mol. The van der Waals surface area contributed by atoms with Crippen LogP contribution in [-0.2, 0) is 27.2 Å². The molecular formula is C18H24N2O3. The number of aryl methyl sites for hydroxylation is 2. The zero-order chi connectivity index (χ0) is 16.4. The summed E-state index contributed by atoms with van der Waals surface area (Å²) in [7, 11) is 0. The van der Waals surface area contributed by atoms with Crippen molar-refractivity contribution in [2.24, 2.45) is 0 Å². The molecule has 1 unspecified atom stereocenters. The lowest BCUT2D eigenvalue weighted by atomic mass is 9.90. The van der Waals surface area contributed by atoms with E-state index >= 15 is 0 Å². The lowest BCUT2D eigenvalue weighted by molar-refractivity contribution is -0.142. The van der Waals surface area contributed by atoms with E-state index in [9.17, 15) is 9.59 Å². The van der Waals surface area contributed by atoms with Crippen LogP contribution >= 0.6 is 0 Å². The second-order valence-electron chi connectivity index (χ2n) is 6.26. The summed E-state index contributed by atoms with van der Waals surface area (Å²) in [6.45, 7) is 4.39. The minimum absolute atomic E-state index is 0.0116. The van der Waals surface area contributed by atoms with E-state index in [2.05, 4.69) is 17.4 Å². The summed E-state index contributed by atoms with van der Waals surface area (Å²) >= 11 is 0. The number of ether oxygens (including phenoxy) is 1. The summed E-state index contributed by atoms with van der Waals surface area (Å²) in [5.74, 6) is -0.247. The number of hydrogen-bond acceptors (Lipinski definition) is 4. The average molecular weight is 316 g/mol. The van der Waals surface area contributed by atoms with Gasteiger partial charge in [-0.1, -0.05) is 0 Å². The highest BCUT2D eigenvalue weighted by atomic mass is 16.5. The number of nitrogens with zero attached hydrogens (tertiary/aromatic N) is 1. The SMILES string of the molecule is CCOC(=O)CCN1C(=O)C(C)Nc2cc3c(cc21)CCCC3. The zero-order valence-electron chi connectivity index (χ0n) is 13.9. The topological polar surface area (TPSA) is 58.6 Å². The van der Waals surface area contributed by atoms with E-state index < -0.39 is 0 Å². The van der Waals surface area contributed by atoms with Gasteiger partial charge in [0, 0.05) is 6.54 Å². The van der Waals surface area contributed by atoms with Crippen LogP contribution in [0.2, 0.25) is 0 Å². The lowest BCUT2D eigenvalue weighted by Crippen LogP contribution is -2.46. The van der Waals surface area contributed by atoms with E-state index in [4.69, 9.17) is 4.74 Å². The number of rotatable bonds is 4. The molecule has 1 amide bonds. The minimum Gasteiger partial charge on any atom is -0.466 e. The molecule has 1 aromatic carbocycles.